The molecule has 0 radical (unpaired) electrons. The normalized spacial score (nSPS) is 16.9. The van der Waals surface area contributed by atoms with E-state index in [0.29, 0.717) is 5.56 Å². The number of carbonyl (C=O) groups is 4. The summed E-state index contributed by atoms with van der Waals surface area (Å²) >= 11 is 6.79. The second kappa shape index (κ2) is 15.8. The molecule has 6 aromatic rings. The van der Waals surface area contributed by atoms with Gasteiger partial charge < -0.3 is 0 Å². The minimum absolute atomic E-state index is 0.0753. The van der Waals surface area contributed by atoms with Crippen LogP contribution in [0.3, 0.4) is 0 Å². The smallest absolute Gasteiger partial charge is 0.197 e. The van der Waals surface area contributed by atoms with Gasteiger partial charge in [-0.25, -0.2) is 13.2 Å². The Labute approximate surface area is 373 Å². The Morgan fingerprint density at radius 1 is 0.532 bits per heavy atom. The van der Waals surface area contributed by atoms with E-state index in [2.05, 4.69) is 38.1 Å². The van der Waals surface area contributed by atoms with E-state index >= 15 is 0 Å². The van der Waals surface area contributed by atoms with Gasteiger partial charge in [0.05, 0.1) is 11.1 Å². The number of fused-ring (bicyclic) bond motifs is 7. The van der Waals surface area contributed by atoms with Gasteiger partial charge in [-0.2, -0.15) is 0 Å². The lowest BCUT2D eigenvalue weighted by molar-refractivity contribution is 0.0975. The maximum atomic E-state index is 14.5. The summed E-state index contributed by atoms with van der Waals surface area (Å²) in [5.74, 6) is -4.77. The van der Waals surface area contributed by atoms with E-state index in [0.717, 1.165) is 106 Å². The fraction of sp³-hybridized carbons (Fsp3) is 0.294. The van der Waals surface area contributed by atoms with Gasteiger partial charge >= 0.3 is 0 Å². The Bertz CT molecular complexity index is 2720. The van der Waals surface area contributed by atoms with Crippen LogP contribution < -0.4 is 0 Å². The Hall–Kier alpha value is -4.81. The van der Waals surface area contributed by atoms with Crippen LogP contribution >= 0.6 is 45.3 Å². The Morgan fingerprint density at radius 3 is 1.39 bits per heavy atom. The van der Waals surface area contributed by atoms with Crippen LogP contribution in [-0.2, 0) is 18.3 Å². The van der Waals surface area contributed by atoms with E-state index in [-0.39, 0.29) is 44.6 Å². The molecule has 0 amide bonds. The van der Waals surface area contributed by atoms with Gasteiger partial charge in [0.2, 0.25) is 0 Å². The molecule has 0 aliphatic heterocycles. The number of thiophene rings is 4. The van der Waals surface area contributed by atoms with Crippen LogP contribution in [0.1, 0.15) is 151 Å². The summed E-state index contributed by atoms with van der Waals surface area (Å²) in [4.78, 5) is 62.4. The Balaban J connectivity index is 1.04. The van der Waals surface area contributed by atoms with Crippen LogP contribution in [0, 0.1) is 24.4 Å². The first-order valence-corrected chi connectivity index (χ1v) is 24.6. The first-order chi connectivity index (χ1) is 29.9. The molecule has 0 bridgehead atoms. The number of carbonyl (C=O) groups excluding carboxylic acids is 4. The molecule has 2 aromatic carbocycles. The zero-order valence-electron chi connectivity index (χ0n) is 34.5. The topological polar surface area (TPSA) is 68.3 Å². The highest BCUT2D eigenvalue weighted by Gasteiger charge is 2.47. The van der Waals surface area contributed by atoms with Gasteiger partial charge in [0.25, 0.3) is 0 Å². The van der Waals surface area contributed by atoms with E-state index in [9.17, 15) is 32.3 Å². The summed E-state index contributed by atoms with van der Waals surface area (Å²) in [6.45, 7) is 5.92. The molecule has 0 saturated heterocycles. The minimum atomic E-state index is -1.15. The van der Waals surface area contributed by atoms with Crippen molar-refractivity contribution in [3.05, 3.63) is 137 Å². The third-order valence-electron chi connectivity index (χ3n) is 13.0. The van der Waals surface area contributed by atoms with Crippen LogP contribution in [0.4, 0.5) is 13.2 Å². The van der Waals surface area contributed by atoms with Crippen molar-refractivity contribution in [1.82, 2.24) is 0 Å². The van der Waals surface area contributed by atoms with E-state index in [1.807, 2.05) is 22.7 Å². The standard InChI is InChI=1S/C51H41F3O4S4/c1-4-6-11-26-16-28(18-34-43(55)30-15-25(3)38(52)20-31(30)44(34)56)59-47(26)41-23-36-49(61-41)50-37(51(36)13-9-8-10-14-51)24-42(62-50)48-27(12-7-5-2)17-29(60-48)19-35-45(57)32-21-39(53)40(54)22-33(32)46(35)58/h15-24H,4-14H2,1-3H3/b34-18-. The number of allylic oxidation sites excluding steroid dienone is 2. The van der Waals surface area contributed by atoms with Crippen molar-refractivity contribution in [3.8, 4) is 29.3 Å². The van der Waals surface area contributed by atoms with Gasteiger partial charge in [-0.1, -0.05) is 46.0 Å². The molecular formula is C51H41F3O4S4. The Morgan fingerprint density at radius 2 is 0.952 bits per heavy atom. The quantitative estimate of drug-likeness (QED) is 0.101. The van der Waals surface area contributed by atoms with E-state index in [4.69, 9.17) is 0 Å². The number of Topliss-reactive ketones (excluding diaryl/α,β-unsaturated/α-hetero) is 4. The highest BCUT2D eigenvalue weighted by Crippen LogP contribution is 2.63. The first kappa shape index (κ1) is 41.2. The van der Waals surface area contributed by atoms with Crippen molar-refractivity contribution in [2.24, 2.45) is 0 Å². The van der Waals surface area contributed by atoms with Gasteiger partial charge in [0.1, 0.15) is 5.82 Å². The van der Waals surface area contributed by atoms with Crippen LogP contribution in [-0.4, -0.2) is 23.1 Å². The van der Waals surface area contributed by atoms with Crippen molar-refractivity contribution in [3.63, 3.8) is 0 Å². The molecule has 4 aliphatic rings. The van der Waals surface area contributed by atoms with Crippen LogP contribution in [0.2, 0.25) is 0 Å². The van der Waals surface area contributed by atoms with Crippen molar-refractivity contribution in [1.29, 1.82) is 0 Å². The molecule has 1 fully saturated rings. The maximum absolute atomic E-state index is 14.5. The molecule has 1 saturated carbocycles. The maximum Gasteiger partial charge on any atom is 0.197 e. The summed E-state index contributed by atoms with van der Waals surface area (Å²) < 4.78 is 42.7. The zero-order valence-corrected chi connectivity index (χ0v) is 37.7. The van der Waals surface area contributed by atoms with Crippen LogP contribution in [0.5, 0.6) is 0 Å². The number of unbranched alkanes of at least 4 members (excludes halogenated alkanes) is 2. The molecule has 4 nitrogen and oxygen atoms in total. The average molecular weight is 903 g/mol. The molecule has 62 heavy (non-hydrogen) atoms. The fourth-order valence-electron chi connectivity index (χ4n) is 9.77. The fourth-order valence-corrected chi connectivity index (χ4v) is 15.0. The lowest BCUT2D eigenvalue weighted by Crippen LogP contribution is -2.27. The van der Waals surface area contributed by atoms with Crippen molar-refractivity contribution >= 4 is 80.6 Å². The summed E-state index contributed by atoms with van der Waals surface area (Å²) in [5.41, 5.74) is 5.54. The highest BCUT2D eigenvalue weighted by atomic mass is 32.1. The summed E-state index contributed by atoms with van der Waals surface area (Å²) in [6, 6.07) is 13.3. The summed E-state index contributed by atoms with van der Waals surface area (Å²) in [5, 5.41) is 0. The van der Waals surface area contributed by atoms with Gasteiger partial charge in [0.15, 0.2) is 34.8 Å². The zero-order chi connectivity index (χ0) is 43.2. The lowest BCUT2D eigenvalue weighted by Gasteiger charge is -2.34. The predicted molar refractivity (Wildman–Crippen MR) is 246 cm³/mol. The third-order valence-corrected chi connectivity index (χ3v) is 18.0. The molecule has 1 spiro atoms. The minimum Gasteiger partial charge on any atom is -0.288 e. The Kier molecular flexibility index (Phi) is 10.5. The molecule has 0 unspecified atom stereocenters. The van der Waals surface area contributed by atoms with E-state index < -0.39 is 34.8 Å². The third kappa shape index (κ3) is 6.56. The molecule has 314 valence electrons. The van der Waals surface area contributed by atoms with Gasteiger partial charge in [-0.3, -0.25) is 19.2 Å². The second-order valence-corrected chi connectivity index (χ2v) is 21.2. The molecule has 4 aromatic heterocycles. The molecule has 4 heterocycles. The molecule has 11 heteroatoms. The van der Waals surface area contributed by atoms with Crippen molar-refractivity contribution < 1.29 is 32.3 Å². The lowest BCUT2D eigenvalue weighted by atomic mass is 9.68. The van der Waals surface area contributed by atoms with E-state index in [1.165, 1.54) is 49.9 Å². The molecule has 0 N–H and O–H groups in total. The van der Waals surface area contributed by atoms with Gasteiger partial charge in [-0.15, -0.1) is 45.3 Å². The SMILES string of the molecule is CCCCc1cc(C=C2C(=O)c3cc(F)c(F)cc3C2=O)sc1-c1cc2c(s1)-c1sc(-c3sc(/C=C4/C(=O)c5cc(C)c(F)cc5C4=O)cc3CCCC)cc1C21CCCCC1. The number of benzene rings is 2. The largest absolute Gasteiger partial charge is 0.288 e. The number of aryl methyl sites for hydroxylation is 3. The summed E-state index contributed by atoms with van der Waals surface area (Å²) in [7, 11) is 0. The second-order valence-electron chi connectivity index (χ2n) is 17.0. The number of hydrogen-bond donors (Lipinski definition) is 0. The molecule has 10 rings (SSSR count). The molecule has 0 atom stereocenters. The number of ketones is 4. The number of rotatable bonds is 10. The molecule has 4 aliphatic carbocycles. The van der Waals surface area contributed by atoms with E-state index in [1.54, 1.807) is 41.7 Å². The predicted octanol–water partition coefficient (Wildman–Crippen LogP) is 14.8. The van der Waals surface area contributed by atoms with Gasteiger partial charge in [-0.05, 0) is 134 Å². The van der Waals surface area contributed by atoms with Crippen LogP contribution in [0.25, 0.3) is 41.4 Å². The molecular weight excluding hydrogens is 862 g/mol. The monoisotopic (exact) mass is 902 g/mol. The van der Waals surface area contributed by atoms with Crippen molar-refractivity contribution in [2.45, 2.75) is 96.8 Å². The van der Waals surface area contributed by atoms with Crippen LogP contribution in [0.15, 0.2) is 59.7 Å². The summed E-state index contributed by atoms with van der Waals surface area (Å²) in [6.07, 6.45) is 14.6. The number of hydrogen-bond acceptors (Lipinski definition) is 8. The highest BCUT2D eigenvalue weighted by molar-refractivity contribution is 7.29. The van der Waals surface area contributed by atoms with Gasteiger partial charge in [0, 0.05) is 66.7 Å². The first-order valence-electron chi connectivity index (χ1n) is 21.4. The number of halogens is 3. The average Bonchev–Trinajstić information content (AvgIpc) is 4.13. The van der Waals surface area contributed by atoms with Crippen molar-refractivity contribution in [2.75, 3.05) is 0 Å².